The van der Waals surface area contributed by atoms with Gasteiger partial charge in [0.2, 0.25) is 0 Å². The number of likely N-dealkylation sites (tertiary alicyclic amines) is 1. The van der Waals surface area contributed by atoms with Crippen LogP contribution >= 0.6 is 11.3 Å². The summed E-state index contributed by atoms with van der Waals surface area (Å²) in [6.07, 6.45) is 2.51. The Morgan fingerprint density at radius 3 is 2.53 bits per heavy atom. The second-order valence-corrected chi connectivity index (χ2v) is 7.69. The van der Waals surface area contributed by atoms with Crippen LogP contribution in [0.5, 0.6) is 0 Å². The third kappa shape index (κ3) is 3.56. The van der Waals surface area contributed by atoms with Crippen LogP contribution in [0.2, 0.25) is 0 Å². The molecule has 0 amide bonds. The van der Waals surface area contributed by atoms with E-state index in [-0.39, 0.29) is 5.41 Å². The molecule has 108 valence electrons. The Morgan fingerprint density at radius 2 is 2.05 bits per heavy atom. The molecule has 0 aliphatic carbocycles. The molecule has 2 N–H and O–H groups in total. The third-order valence-corrected chi connectivity index (χ3v) is 5.17. The highest BCUT2D eigenvalue weighted by molar-refractivity contribution is 7.09. The molecular formula is C15H27N3S. The van der Waals surface area contributed by atoms with Crippen molar-refractivity contribution in [3.8, 4) is 0 Å². The van der Waals surface area contributed by atoms with Gasteiger partial charge in [-0.15, -0.1) is 11.3 Å². The smallest absolute Gasteiger partial charge is 0.0974 e. The number of piperidine rings is 1. The van der Waals surface area contributed by atoms with Crippen molar-refractivity contribution in [1.82, 2.24) is 9.88 Å². The van der Waals surface area contributed by atoms with E-state index in [0.29, 0.717) is 11.8 Å². The van der Waals surface area contributed by atoms with Gasteiger partial charge in [-0.05, 0) is 38.9 Å². The van der Waals surface area contributed by atoms with E-state index in [1.807, 2.05) is 0 Å². The molecule has 1 aromatic heterocycles. The summed E-state index contributed by atoms with van der Waals surface area (Å²) in [6.45, 7) is 9.78. The largest absolute Gasteiger partial charge is 0.330 e. The number of rotatable bonds is 3. The van der Waals surface area contributed by atoms with Gasteiger partial charge in [0, 0.05) is 23.3 Å². The molecule has 0 bridgehead atoms. The van der Waals surface area contributed by atoms with Crippen molar-refractivity contribution in [2.24, 2.45) is 11.7 Å². The molecule has 0 spiro atoms. The van der Waals surface area contributed by atoms with Crippen LogP contribution in [-0.2, 0) is 5.41 Å². The van der Waals surface area contributed by atoms with Gasteiger partial charge >= 0.3 is 0 Å². The van der Waals surface area contributed by atoms with E-state index in [9.17, 15) is 0 Å². The van der Waals surface area contributed by atoms with E-state index in [0.717, 1.165) is 6.54 Å². The zero-order chi connectivity index (χ0) is 14.0. The molecule has 1 aliphatic heterocycles. The minimum atomic E-state index is 0.140. The van der Waals surface area contributed by atoms with Crippen LogP contribution in [0, 0.1) is 5.92 Å². The van der Waals surface area contributed by atoms with E-state index in [1.165, 1.54) is 36.6 Å². The average Bonchev–Trinajstić information content (AvgIpc) is 2.82. The Hall–Kier alpha value is -0.450. The lowest BCUT2D eigenvalue weighted by atomic mass is 9.84. The average molecular weight is 281 g/mol. The summed E-state index contributed by atoms with van der Waals surface area (Å²) in [5.41, 5.74) is 7.39. The van der Waals surface area contributed by atoms with Crippen LogP contribution in [0.3, 0.4) is 0 Å². The zero-order valence-corrected chi connectivity index (χ0v) is 13.5. The van der Waals surface area contributed by atoms with Crippen LogP contribution in [0.15, 0.2) is 5.38 Å². The maximum absolute atomic E-state index is 6.04. The van der Waals surface area contributed by atoms with Crippen LogP contribution < -0.4 is 5.73 Å². The minimum absolute atomic E-state index is 0.140. The summed E-state index contributed by atoms with van der Waals surface area (Å²) in [5, 5.41) is 3.47. The lowest BCUT2D eigenvalue weighted by Crippen LogP contribution is -2.34. The van der Waals surface area contributed by atoms with Gasteiger partial charge in [0.05, 0.1) is 10.7 Å². The van der Waals surface area contributed by atoms with Crippen molar-refractivity contribution >= 4 is 11.3 Å². The van der Waals surface area contributed by atoms with Gasteiger partial charge < -0.3 is 10.6 Å². The van der Waals surface area contributed by atoms with Crippen molar-refractivity contribution in [1.29, 1.82) is 0 Å². The number of aromatic nitrogens is 1. The van der Waals surface area contributed by atoms with E-state index in [4.69, 9.17) is 10.7 Å². The monoisotopic (exact) mass is 281 g/mol. The van der Waals surface area contributed by atoms with Gasteiger partial charge in [0.15, 0.2) is 0 Å². The molecule has 2 heterocycles. The molecule has 0 aromatic carbocycles. The van der Waals surface area contributed by atoms with Crippen LogP contribution in [0.1, 0.15) is 50.2 Å². The number of hydrogen-bond acceptors (Lipinski definition) is 4. The Morgan fingerprint density at radius 1 is 1.42 bits per heavy atom. The highest BCUT2D eigenvalue weighted by Gasteiger charge is 2.28. The van der Waals surface area contributed by atoms with Crippen LogP contribution in [0.25, 0.3) is 0 Å². The predicted molar refractivity (Wildman–Crippen MR) is 82.8 cm³/mol. The summed E-state index contributed by atoms with van der Waals surface area (Å²) in [4.78, 5) is 7.28. The Kier molecular flexibility index (Phi) is 4.64. The third-order valence-electron chi connectivity index (χ3n) is 4.19. The fourth-order valence-corrected chi connectivity index (χ4v) is 3.98. The molecule has 1 atom stereocenters. The van der Waals surface area contributed by atoms with E-state index < -0.39 is 0 Å². The summed E-state index contributed by atoms with van der Waals surface area (Å²) < 4.78 is 0. The highest BCUT2D eigenvalue weighted by atomic mass is 32.1. The fourth-order valence-electron chi connectivity index (χ4n) is 2.73. The van der Waals surface area contributed by atoms with Gasteiger partial charge in [-0.1, -0.05) is 20.8 Å². The van der Waals surface area contributed by atoms with Crippen LogP contribution in [-0.4, -0.2) is 36.6 Å². The normalized spacial score (nSPS) is 20.7. The molecule has 0 radical (unpaired) electrons. The molecule has 19 heavy (non-hydrogen) atoms. The second kappa shape index (κ2) is 5.90. The summed E-state index contributed by atoms with van der Waals surface area (Å²) in [7, 11) is 2.20. The topological polar surface area (TPSA) is 42.1 Å². The molecular weight excluding hydrogens is 254 g/mol. The van der Waals surface area contributed by atoms with Gasteiger partial charge in [-0.25, -0.2) is 4.98 Å². The zero-order valence-electron chi connectivity index (χ0n) is 12.6. The quantitative estimate of drug-likeness (QED) is 0.926. The summed E-state index contributed by atoms with van der Waals surface area (Å²) in [6, 6.07) is 0. The lowest BCUT2D eigenvalue weighted by molar-refractivity contribution is 0.199. The summed E-state index contributed by atoms with van der Waals surface area (Å²) >= 11 is 1.80. The second-order valence-electron chi connectivity index (χ2n) is 6.80. The van der Waals surface area contributed by atoms with Crippen molar-refractivity contribution < 1.29 is 0 Å². The molecule has 3 nitrogen and oxygen atoms in total. The molecule has 0 saturated carbocycles. The number of nitrogens with zero attached hydrogens (tertiary/aromatic N) is 2. The predicted octanol–water partition coefficient (Wildman–Crippen LogP) is 2.82. The molecule has 4 heteroatoms. The SMILES string of the molecule is CN1CCC(C(CN)c2nc(C(C)(C)C)cs2)CC1. The maximum atomic E-state index is 6.04. The summed E-state index contributed by atoms with van der Waals surface area (Å²) in [5.74, 6) is 1.16. The molecule has 2 rings (SSSR count). The van der Waals surface area contributed by atoms with E-state index in [2.05, 4.69) is 38.1 Å². The minimum Gasteiger partial charge on any atom is -0.330 e. The Bertz CT molecular complexity index is 400. The Balaban J connectivity index is 2.11. The van der Waals surface area contributed by atoms with E-state index >= 15 is 0 Å². The molecule has 1 aromatic rings. The molecule has 1 fully saturated rings. The van der Waals surface area contributed by atoms with Crippen molar-refractivity contribution in [3.05, 3.63) is 16.1 Å². The van der Waals surface area contributed by atoms with Crippen molar-refractivity contribution in [2.45, 2.75) is 44.9 Å². The first-order valence-electron chi connectivity index (χ1n) is 7.26. The number of hydrogen-bond donors (Lipinski definition) is 1. The molecule has 1 unspecified atom stereocenters. The van der Waals surface area contributed by atoms with Gasteiger partial charge in [-0.3, -0.25) is 0 Å². The maximum Gasteiger partial charge on any atom is 0.0974 e. The van der Waals surface area contributed by atoms with Crippen LogP contribution in [0.4, 0.5) is 0 Å². The van der Waals surface area contributed by atoms with Gasteiger partial charge in [0.25, 0.3) is 0 Å². The standard InChI is InChI=1S/C15H27N3S/c1-15(2,3)13-10-19-14(17-13)12(9-16)11-5-7-18(4)8-6-11/h10-12H,5-9,16H2,1-4H3. The van der Waals surface area contributed by atoms with E-state index in [1.54, 1.807) is 11.3 Å². The first-order chi connectivity index (χ1) is 8.91. The number of thiazole rings is 1. The highest BCUT2D eigenvalue weighted by Crippen LogP contribution is 2.35. The molecule has 1 aliphatic rings. The van der Waals surface area contributed by atoms with Gasteiger partial charge in [-0.2, -0.15) is 0 Å². The number of nitrogens with two attached hydrogens (primary N) is 1. The van der Waals surface area contributed by atoms with Crippen molar-refractivity contribution in [2.75, 3.05) is 26.7 Å². The molecule has 1 saturated heterocycles. The Labute approximate surface area is 121 Å². The first kappa shape index (κ1) is 14.9. The fraction of sp³-hybridized carbons (Fsp3) is 0.800. The van der Waals surface area contributed by atoms with Gasteiger partial charge in [0.1, 0.15) is 0 Å². The lowest BCUT2D eigenvalue weighted by Gasteiger charge is -2.33. The first-order valence-corrected chi connectivity index (χ1v) is 8.14. The van der Waals surface area contributed by atoms with Crippen molar-refractivity contribution in [3.63, 3.8) is 0 Å².